The number of halogens is 4. The number of sulfone groups is 1. The highest BCUT2D eigenvalue weighted by Gasteiger charge is 2.31. The molecule has 3 heterocycles. The Balaban J connectivity index is 2.17. The number of hydrogen-bond donors (Lipinski definition) is 0. The van der Waals surface area contributed by atoms with Crippen molar-refractivity contribution in [3.8, 4) is 11.5 Å². The number of fused-ring (bicyclic) bond motifs is 1. The van der Waals surface area contributed by atoms with Crippen LogP contribution in [-0.4, -0.2) is 39.2 Å². The van der Waals surface area contributed by atoms with Crippen LogP contribution < -0.4 is 0 Å². The first-order valence-electron chi connectivity index (χ1n) is 6.99. The minimum Gasteiger partial charge on any atom is -0.324 e. The van der Waals surface area contributed by atoms with Gasteiger partial charge in [-0.25, -0.2) is 23.4 Å². The van der Waals surface area contributed by atoms with Crippen molar-refractivity contribution in [2.75, 3.05) is 5.75 Å². The molecule has 140 valence electrons. The predicted molar refractivity (Wildman–Crippen MR) is 97.0 cm³/mol. The monoisotopic (exact) mass is 486 g/mol. The molecule has 0 saturated carbocycles. The van der Waals surface area contributed by atoms with Crippen molar-refractivity contribution < 1.29 is 21.6 Å². The Kier molecular flexibility index (Phi) is 5.09. The van der Waals surface area contributed by atoms with Crippen molar-refractivity contribution in [2.24, 2.45) is 7.05 Å². The van der Waals surface area contributed by atoms with Crippen LogP contribution in [-0.2, 0) is 16.9 Å². The lowest BCUT2D eigenvalue weighted by atomic mass is 10.4. The molecule has 0 atom stereocenters. The van der Waals surface area contributed by atoms with Crippen molar-refractivity contribution in [1.29, 1.82) is 0 Å². The fourth-order valence-corrected chi connectivity index (χ4v) is 6.03. The number of pyridine rings is 1. The van der Waals surface area contributed by atoms with Gasteiger partial charge < -0.3 is 4.57 Å². The van der Waals surface area contributed by atoms with E-state index in [0.29, 0.717) is 9.43 Å². The fraction of sp³-hybridized carbons (Fsp3) is 0.308. The Hall–Kier alpha value is -1.18. The molecule has 13 heteroatoms. The summed E-state index contributed by atoms with van der Waals surface area (Å²) in [4.78, 5) is 12.3. The molecule has 3 aromatic heterocycles. The van der Waals surface area contributed by atoms with Crippen LogP contribution in [0, 0.1) is 0 Å². The molecule has 26 heavy (non-hydrogen) atoms. The van der Waals surface area contributed by atoms with Crippen molar-refractivity contribution in [1.82, 2.24) is 19.5 Å². The Morgan fingerprint density at radius 2 is 2.04 bits per heavy atom. The molecular weight excluding hydrogens is 477 g/mol. The van der Waals surface area contributed by atoms with Gasteiger partial charge in [-0.2, -0.15) is 13.2 Å². The minimum absolute atomic E-state index is 0.0585. The SMILES string of the molecule is CCS(=O)(=O)c1sc(Br)nc1-c1nc2cc(SC(F)(F)F)ncc2n1C. The van der Waals surface area contributed by atoms with Gasteiger partial charge in [0.25, 0.3) is 0 Å². The molecule has 0 aromatic carbocycles. The summed E-state index contributed by atoms with van der Waals surface area (Å²) in [5.74, 6) is 0.136. The summed E-state index contributed by atoms with van der Waals surface area (Å²) >= 11 is 3.81. The van der Waals surface area contributed by atoms with Gasteiger partial charge >= 0.3 is 5.51 Å². The largest absolute Gasteiger partial charge is 0.447 e. The highest BCUT2D eigenvalue weighted by atomic mass is 79.9. The molecule has 3 rings (SSSR count). The number of rotatable bonds is 4. The van der Waals surface area contributed by atoms with Gasteiger partial charge in [0.05, 0.1) is 23.0 Å². The summed E-state index contributed by atoms with van der Waals surface area (Å²) in [6.45, 7) is 1.52. The van der Waals surface area contributed by atoms with Crippen LogP contribution in [0.2, 0.25) is 0 Å². The number of alkyl halides is 3. The molecule has 0 fully saturated rings. The van der Waals surface area contributed by atoms with E-state index in [9.17, 15) is 21.6 Å². The number of hydrogen-bond acceptors (Lipinski definition) is 7. The fourth-order valence-electron chi connectivity index (χ4n) is 2.22. The van der Waals surface area contributed by atoms with E-state index < -0.39 is 15.3 Å². The van der Waals surface area contributed by atoms with Crippen molar-refractivity contribution in [3.63, 3.8) is 0 Å². The first-order chi connectivity index (χ1) is 12.0. The second-order valence-electron chi connectivity index (χ2n) is 5.06. The maximum absolute atomic E-state index is 12.5. The Morgan fingerprint density at radius 3 is 2.65 bits per heavy atom. The van der Waals surface area contributed by atoms with Crippen LogP contribution >= 0.6 is 39.0 Å². The number of nitrogens with zero attached hydrogens (tertiary/aromatic N) is 4. The third-order valence-electron chi connectivity index (χ3n) is 3.41. The van der Waals surface area contributed by atoms with Crippen LogP contribution in [0.1, 0.15) is 6.92 Å². The number of aromatic nitrogens is 4. The van der Waals surface area contributed by atoms with Gasteiger partial charge in [-0.3, -0.25) is 0 Å². The van der Waals surface area contributed by atoms with E-state index in [1.807, 2.05) is 0 Å². The van der Waals surface area contributed by atoms with Crippen LogP contribution in [0.15, 0.2) is 25.4 Å². The smallest absolute Gasteiger partial charge is 0.324 e. The molecule has 6 nitrogen and oxygen atoms in total. The number of thiazole rings is 1. The summed E-state index contributed by atoms with van der Waals surface area (Å²) in [6, 6.07) is 1.21. The molecule has 0 bridgehead atoms. The molecule has 0 aliphatic heterocycles. The number of thioether (sulfide) groups is 1. The molecule has 0 unspecified atom stereocenters. The Morgan fingerprint density at radius 1 is 1.35 bits per heavy atom. The van der Waals surface area contributed by atoms with Gasteiger partial charge in [0.1, 0.15) is 10.7 Å². The van der Waals surface area contributed by atoms with Crippen LogP contribution in [0.3, 0.4) is 0 Å². The molecule has 0 radical (unpaired) electrons. The maximum atomic E-state index is 12.5. The lowest BCUT2D eigenvalue weighted by Crippen LogP contribution is -2.04. The predicted octanol–water partition coefficient (Wildman–Crippen LogP) is 4.26. The molecule has 3 aromatic rings. The lowest BCUT2D eigenvalue weighted by molar-refractivity contribution is -0.0329. The molecule has 0 saturated heterocycles. The van der Waals surface area contributed by atoms with Crippen molar-refractivity contribution >= 4 is 59.9 Å². The quantitative estimate of drug-likeness (QED) is 0.512. The average Bonchev–Trinajstić information content (AvgIpc) is 3.06. The maximum Gasteiger partial charge on any atom is 0.447 e. The highest BCUT2D eigenvalue weighted by Crippen LogP contribution is 2.38. The van der Waals surface area contributed by atoms with E-state index >= 15 is 0 Å². The van der Waals surface area contributed by atoms with Crippen molar-refractivity contribution in [3.05, 3.63) is 16.2 Å². The second-order valence-corrected chi connectivity index (χ2v) is 10.9. The van der Waals surface area contributed by atoms with Crippen LogP contribution in [0.5, 0.6) is 0 Å². The second kappa shape index (κ2) is 6.77. The van der Waals surface area contributed by atoms with Gasteiger partial charge in [0, 0.05) is 18.8 Å². The normalized spacial score (nSPS) is 12.8. The summed E-state index contributed by atoms with van der Waals surface area (Å²) in [7, 11) is -1.91. The minimum atomic E-state index is -4.46. The van der Waals surface area contributed by atoms with E-state index in [0.717, 1.165) is 11.3 Å². The molecule has 0 amide bonds. The van der Waals surface area contributed by atoms with Gasteiger partial charge in [0.15, 0.2) is 23.8 Å². The topological polar surface area (TPSA) is 77.7 Å². The third kappa shape index (κ3) is 3.75. The zero-order chi connectivity index (χ0) is 19.3. The summed E-state index contributed by atoms with van der Waals surface area (Å²) in [6.07, 6.45) is 1.27. The Bertz CT molecular complexity index is 1090. The lowest BCUT2D eigenvalue weighted by Gasteiger charge is -2.04. The van der Waals surface area contributed by atoms with Gasteiger partial charge in [-0.1, -0.05) is 18.3 Å². The van der Waals surface area contributed by atoms with E-state index in [1.165, 1.54) is 19.2 Å². The van der Waals surface area contributed by atoms with Gasteiger partial charge in [-0.15, -0.1) is 0 Å². The van der Waals surface area contributed by atoms with Gasteiger partial charge in [-0.05, 0) is 22.0 Å². The van der Waals surface area contributed by atoms with Crippen LogP contribution in [0.25, 0.3) is 22.6 Å². The summed E-state index contributed by atoms with van der Waals surface area (Å²) < 4.78 is 64.2. The summed E-state index contributed by atoms with van der Waals surface area (Å²) in [5.41, 5.74) is -3.56. The molecular formula is C13H10BrF3N4O2S3. The van der Waals surface area contributed by atoms with Crippen molar-refractivity contribution in [2.45, 2.75) is 21.7 Å². The first kappa shape index (κ1) is 19.6. The number of aryl methyl sites for hydroxylation is 1. The number of imidazole rings is 1. The zero-order valence-electron chi connectivity index (χ0n) is 13.2. The van der Waals surface area contributed by atoms with E-state index in [1.54, 1.807) is 11.6 Å². The van der Waals surface area contributed by atoms with E-state index in [2.05, 4.69) is 30.9 Å². The summed E-state index contributed by atoms with van der Waals surface area (Å²) in [5, 5.41) is -0.240. The van der Waals surface area contributed by atoms with Crippen LogP contribution in [0.4, 0.5) is 13.2 Å². The van der Waals surface area contributed by atoms with E-state index in [-0.39, 0.29) is 43.8 Å². The first-order valence-corrected chi connectivity index (χ1v) is 11.1. The van der Waals surface area contributed by atoms with Gasteiger partial charge in [0.2, 0.25) is 0 Å². The zero-order valence-corrected chi connectivity index (χ0v) is 17.2. The Labute approximate surface area is 162 Å². The average molecular weight is 487 g/mol. The highest BCUT2D eigenvalue weighted by molar-refractivity contribution is 9.11. The molecule has 0 N–H and O–H groups in total. The molecule has 0 aliphatic rings. The molecule has 0 aliphatic carbocycles. The molecule has 0 spiro atoms. The standard InChI is InChI=1S/C13H10BrF3N4O2S3/c1-3-26(22,23)11-9(20-12(14)24-11)10-19-6-4-8(25-13(15,16)17)18-5-7(6)21(10)2/h4-5H,3H2,1-2H3. The third-order valence-corrected chi connectivity index (χ3v) is 7.90. The van der Waals surface area contributed by atoms with E-state index in [4.69, 9.17) is 0 Å².